The van der Waals surface area contributed by atoms with Crippen molar-refractivity contribution in [3.8, 4) is 11.5 Å². The van der Waals surface area contributed by atoms with E-state index in [4.69, 9.17) is 21.1 Å². The lowest BCUT2D eigenvalue weighted by Gasteiger charge is -2.11. The summed E-state index contributed by atoms with van der Waals surface area (Å²) < 4.78 is 10.9. The van der Waals surface area contributed by atoms with Crippen molar-refractivity contribution in [3.05, 3.63) is 53.1 Å². The maximum Gasteiger partial charge on any atom is 0.329 e. The predicted molar refractivity (Wildman–Crippen MR) is 127 cm³/mol. The first-order chi connectivity index (χ1) is 15.8. The van der Waals surface area contributed by atoms with Gasteiger partial charge in [-0.15, -0.1) is 0 Å². The summed E-state index contributed by atoms with van der Waals surface area (Å²) in [5.41, 5.74) is 3.16. The van der Waals surface area contributed by atoms with Crippen LogP contribution in [0.4, 0.5) is 5.69 Å². The van der Waals surface area contributed by atoms with Gasteiger partial charge in [0.2, 0.25) is 0 Å². The molecular weight excluding hydrogens is 448 g/mol. The molecule has 0 saturated carbocycles. The van der Waals surface area contributed by atoms with E-state index in [0.29, 0.717) is 40.8 Å². The number of nitrogens with one attached hydrogen (secondary N) is 3. The lowest BCUT2D eigenvalue weighted by Crippen LogP contribution is -2.41. The van der Waals surface area contributed by atoms with E-state index in [1.165, 1.54) is 6.21 Å². The van der Waals surface area contributed by atoms with Gasteiger partial charge in [0.25, 0.3) is 5.91 Å². The number of carbonyl (C=O) groups is 3. The van der Waals surface area contributed by atoms with Gasteiger partial charge in [-0.3, -0.25) is 14.4 Å². The normalized spacial score (nSPS) is 11.5. The van der Waals surface area contributed by atoms with Crippen LogP contribution in [0.15, 0.2) is 47.6 Å². The second-order valence-electron chi connectivity index (χ2n) is 6.96. The van der Waals surface area contributed by atoms with Gasteiger partial charge in [0.15, 0.2) is 6.61 Å². The third-order valence-corrected chi connectivity index (χ3v) is 4.58. The first-order valence-corrected chi connectivity index (χ1v) is 10.8. The molecule has 0 unspecified atom stereocenters. The second-order valence-corrected chi connectivity index (χ2v) is 7.39. The zero-order valence-corrected chi connectivity index (χ0v) is 19.4. The van der Waals surface area contributed by atoms with Gasteiger partial charge in [-0.25, -0.2) is 5.43 Å². The highest BCUT2D eigenvalue weighted by molar-refractivity contribution is 6.35. The lowest BCUT2D eigenvalue weighted by atomic mass is 10.2. The van der Waals surface area contributed by atoms with E-state index in [9.17, 15) is 14.4 Å². The van der Waals surface area contributed by atoms with Crippen LogP contribution in [0.25, 0.3) is 0 Å². The van der Waals surface area contributed by atoms with E-state index in [0.717, 1.165) is 0 Å². The minimum absolute atomic E-state index is 0.131. The highest BCUT2D eigenvalue weighted by atomic mass is 35.5. The Hall–Kier alpha value is -3.59. The molecule has 0 aliphatic rings. The number of nitrogens with zero attached hydrogens (tertiary/aromatic N) is 1. The number of hydrogen-bond donors (Lipinski definition) is 3. The van der Waals surface area contributed by atoms with Crippen LogP contribution in [0.2, 0.25) is 5.02 Å². The molecule has 0 aliphatic heterocycles. The van der Waals surface area contributed by atoms with Crippen molar-refractivity contribution in [3.63, 3.8) is 0 Å². The Bertz CT molecular complexity index is 995. The van der Waals surface area contributed by atoms with Crippen molar-refractivity contribution in [2.24, 2.45) is 5.10 Å². The Labute approximate surface area is 197 Å². The maximum absolute atomic E-state index is 12.2. The summed E-state index contributed by atoms with van der Waals surface area (Å²) in [5, 5.41) is 9.45. The van der Waals surface area contributed by atoms with Gasteiger partial charge in [0.05, 0.1) is 12.8 Å². The summed E-state index contributed by atoms with van der Waals surface area (Å²) in [6.45, 7) is 5.86. The van der Waals surface area contributed by atoms with Crippen LogP contribution in [-0.2, 0) is 14.4 Å². The monoisotopic (exact) mass is 474 g/mol. The summed E-state index contributed by atoms with van der Waals surface area (Å²) in [4.78, 5) is 35.8. The SMILES string of the molecule is CCOc1ccc(NC(=O)COc2ccc(Cl)cc2/C=N\NC(=O)C(=O)N[C@@H](C)CC)cc1. The molecule has 1 atom stereocenters. The minimum Gasteiger partial charge on any atom is -0.494 e. The molecule has 0 bridgehead atoms. The molecule has 0 saturated heterocycles. The first kappa shape index (κ1) is 25.7. The van der Waals surface area contributed by atoms with E-state index in [1.54, 1.807) is 49.4 Å². The molecule has 176 valence electrons. The van der Waals surface area contributed by atoms with Crippen LogP contribution in [-0.4, -0.2) is 43.2 Å². The van der Waals surface area contributed by atoms with Crippen molar-refractivity contribution in [2.45, 2.75) is 33.2 Å². The molecule has 3 N–H and O–H groups in total. The zero-order valence-electron chi connectivity index (χ0n) is 18.7. The summed E-state index contributed by atoms with van der Waals surface area (Å²) in [6, 6.07) is 11.6. The summed E-state index contributed by atoms with van der Waals surface area (Å²) in [7, 11) is 0. The van der Waals surface area contributed by atoms with E-state index < -0.39 is 11.8 Å². The molecule has 0 spiro atoms. The number of carbonyl (C=O) groups excluding carboxylic acids is 3. The molecular formula is C23H27ClN4O5. The lowest BCUT2D eigenvalue weighted by molar-refractivity contribution is -0.139. The first-order valence-electron chi connectivity index (χ1n) is 10.4. The van der Waals surface area contributed by atoms with Crippen LogP contribution >= 0.6 is 11.6 Å². The van der Waals surface area contributed by atoms with E-state index in [2.05, 4.69) is 21.2 Å². The molecule has 0 aliphatic carbocycles. The predicted octanol–water partition coefficient (Wildman–Crippen LogP) is 3.12. The van der Waals surface area contributed by atoms with Gasteiger partial charge in [0, 0.05) is 22.3 Å². The molecule has 3 amide bonds. The standard InChI is InChI=1S/C23H27ClN4O5/c1-4-15(3)26-22(30)23(31)28-25-13-16-12-17(24)6-11-20(16)33-14-21(29)27-18-7-9-19(10-8-18)32-5-2/h6-13,15H,4-5,14H2,1-3H3,(H,26,30)(H,27,29)(H,28,31)/b25-13-/t15-/m0/s1. The minimum atomic E-state index is -0.897. The van der Waals surface area contributed by atoms with E-state index in [-0.39, 0.29) is 18.6 Å². The number of anilines is 1. The molecule has 9 nitrogen and oxygen atoms in total. The smallest absolute Gasteiger partial charge is 0.329 e. The number of hydrazone groups is 1. The Morgan fingerprint density at radius 2 is 1.79 bits per heavy atom. The molecule has 0 radical (unpaired) electrons. The van der Waals surface area contributed by atoms with Crippen LogP contribution in [0.3, 0.4) is 0 Å². The Morgan fingerprint density at radius 1 is 1.06 bits per heavy atom. The van der Waals surface area contributed by atoms with Crippen LogP contribution in [0.5, 0.6) is 11.5 Å². The summed E-state index contributed by atoms with van der Waals surface area (Å²) in [5.74, 6) is -1.02. The number of amides is 3. The molecule has 2 aromatic rings. The molecule has 0 heterocycles. The summed E-state index contributed by atoms with van der Waals surface area (Å²) in [6.07, 6.45) is 1.97. The van der Waals surface area contributed by atoms with Crippen molar-refractivity contribution in [1.29, 1.82) is 0 Å². The maximum atomic E-state index is 12.2. The quantitative estimate of drug-likeness (QED) is 0.278. The number of rotatable bonds is 10. The van der Waals surface area contributed by atoms with Crippen molar-refractivity contribution in [1.82, 2.24) is 10.7 Å². The van der Waals surface area contributed by atoms with E-state index in [1.807, 2.05) is 13.8 Å². The van der Waals surface area contributed by atoms with Gasteiger partial charge < -0.3 is 20.1 Å². The Morgan fingerprint density at radius 3 is 2.45 bits per heavy atom. The van der Waals surface area contributed by atoms with E-state index >= 15 is 0 Å². The van der Waals surface area contributed by atoms with Gasteiger partial charge in [0.1, 0.15) is 11.5 Å². The Kier molecular flexibility index (Phi) is 10.2. The van der Waals surface area contributed by atoms with Crippen LogP contribution < -0.4 is 25.5 Å². The van der Waals surface area contributed by atoms with Crippen LogP contribution in [0, 0.1) is 0 Å². The fourth-order valence-corrected chi connectivity index (χ4v) is 2.68. The third kappa shape index (κ3) is 8.82. The molecule has 0 fully saturated rings. The number of ether oxygens (including phenoxy) is 2. The average molecular weight is 475 g/mol. The topological polar surface area (TPSA) is 118 Å². The average Bonchev–Trinajstić information content (AvgIpc) is 2.79. The van der Waals surface area contributed by atoms with Crippen molar-refractivity contribution >= 4 is 41.2 Å². The fraction of sp³-hybridized carbons (Fsp3) is 0.304. The van der Waals surface area contributed by atoms with Crippen molar-refractivity contribution in [2.75, 3.05) is 18.5 Å². The second kappa shape index (κ2) is 13.1. The third-order valence-electron chi connectivity index (χ3n) is 4.35. The number of halogens is 1. The van der Waals surface area contributed by atoms with Crippen molar-refractivity contribution < 1.29 is 23.9 Å². The number of hydrogen-bond acceptors (Lipinski definition) is 6. The zero-order chi connectivity index (χ0) is 24.2. The van der Waals surface area contributed by atoms with Crippen LogP contribution in [0.1, 0.15) is 32.8 Å². The Balaban J connectivity index is 1.94. The molecule has 2 rings (SSSR count). The molecule has 2 aromatic carbocycles. The fourth-order valence-electron chi connectivity index (χ4n) is 2.50. The highest BCUT2D eigenvalue weighted by Crippen LogP contribution is 2.22. The largest absolute Gasteiger partial charge is 0.494 e. The van der Waals surface area contributed by atoms with Gasteiger partial charge in [-0.1, -0.05) is 18.5 Å². The molecule has 33 heavy (non-hydrogen) atoms. The van der Waals surface area contributed by atoms with Gasteiger partial charge in [-0.05, 0) is 62.7 Å². The highest BCUT2D eigenvalue weighted by Gasteiger charge is 2.14. The molecule has 10 heteroatoms. The molecule has 0 aromatic heterocycles. The van der Waals surface area contributed by atoms with Gasteiger partial charge in [-0.2, -0.15) is 5.10 Å². The number of benzene rings is 2. The summed E-state index contributed by atoms with van der Waals surface area (Å²) >= 11 is 6.03. The van der Waals surface area contributed by atoms with Gasteiger partial charge >= 0.3 is 11.8 Å².